The molecule has 0 amide bonds. The van der Waals surface area contributed by atoms with Crippen molar-refractivity contribution in [3.05, 3.63) is 46.4 Å². The molecule has 2 aromatic rings. The van der Waals surface area contributed by atoms with E-state index in [1.54, 1.807) is 29.7 Å². The van der Waals surface area contributed by atoms with E-state index in [0.29, 0.717) is 18.1 Å². The Hall–Kier alpha value is -1.86. The minimum Gasteiger partial charge on any atom is -0.488 e. The molecule has 15 heavy (non-hydrogen) atoms. The lowest BCUT2D eigenvalue weighted by Gasteiger charge is -2.03. The van der Waals surface area contributed by atoms with E-state index in [1.165, 1.54) is 0 Å². The number of thiophene rings is 1. The largest absolute Gasteiger partial charge is 0.488 e. The zero-order valence-electron chi connectivity index (χ0n) is 7.88. The van der Waals surface area contributed by atoms with E-state index in [-0.39, 0.29) is 0 Å². The van der Waals surface area contributed by atoms with Gasteiger partial charge in [0.15, 0.2) is 0 Å². The van der Waals surface area contributed by atoms with Crippen molar-refractivity contribution in [2.24, 2.45) is 0 Å². The van der Waals surface area contributed by atoms with Gasteiger partial charge in [0.1, 0.15) is 24.1 Å². The minimum absolute atomic E-state index is 0.374. The summed E-state index contributed by atoms with van der Waals surface area (Å²) in [5.74, 6) is 0.676. The molecule has 0 spiro atoms. The molecule has 0 aromatic carbocycles. The van der Waals surface area contributed by atoms with Gasteiger partial charge in [-0.2, -0.15) is 5.26 Å². The average molecular weight is 216 g/mol. The van der Waals surface area contributed by atoms with Crippen LogP contribution in [0.4, 0.5) is 0 Å². The van der Waals surface area contributed by atoms with Crippen molar-refractivity contribution in [1.82, 2.24) is 4.98 Å². The van der Waals surface area contributed by atoms with Gasteiger partial charge in [-0.1, -0.05) is 6.07 Å². The van der Waals surface area contributed by atoms with E-state index in [9.17, 15) is 0 Å². The molecule has 3 nitrogen and oxygen atoms in total. The first-order chi connectivity index (χ1) is 7.38. The highest BCUT2D eigenvalue weighted by molar-refractivity contribution is 7.09. The second-order valence-corrected chi connectivity index (χ2v) is 3.89. The number of aromatic nitrogens is 1. The molecule has 2 aromatic heterocycles. The van der Waals surface area contributed by atoms with Gasteiger partial charge >= 0.3 is 0 Å². The molecular formula is C11H8N2OS. The van der Waals surface area contributed by atoms with Crippen LogP contribution in [0.15, 0.2) is 35.8 Å². The van der Waals surface area contributed by atoms with Crippen molar-refractivity contribution in [1.29, 1.82) is 5.26 Å². The third kappa shape index (κ3) is 2.55. The summed E-state index contributed by atoms with van der Waals surface area (Å²) in [7, 11) is 0. The minimum atomic E-state index is 0.374. The van der Waals surface area contributed by atoms with Crippen molar-refractivity contribution in [3.8, 4) is 11.8 Å². The predicted molar refractivity (Wildman–Crippen MR) is 57.6 cm³/mol. The van der Waals surface area contributed by atoms with Crippen molar-refractivity contribution < 1.29 is 4.74 Å². The molecule has 0 saturated heterocycles. The van der Waals surface area contributed by atoms with Crippen LogP contribution in [0.5, 0.6) is 5.75 Å². The van der Waals surface area contributed by atoms with Gasteiger partial charge in [-0.05, 0) is 17.5 Å². The van der Waals surface area contributed by atoms with Crippen LogP contribution in [0.25, 0.3) is 0 Å². The molecule has 0 saturated carbocycles. The zero-order valence-corrected chi connectivity index (χ0v) is 8.70. The van der Waals surface area contributed by atoms with Crippen LogP contribution in [-0.2, 0) is 6.61 Å². The Bertz CT molecular complexity index is 474. The Balaban J connectivity index is 2.02. The van der Waals surface area contributed by atoms with Crippen LogP contribution in [0.2, 0.25) is 0 Å². The molecule has 0 radical (unpaired) electrons. The highest BCUT2D eigenvalue weighted by atomic mass is 32.1. The van der Waals surface area contributed by atoms with Crippen LogP contribution in [-0.4, -0.2) is 4.98 Å². The molecule has 0 N–H and O–H groups in total. The molecule has 0 aliphatic rings. The first-order valence-corrected chi connectivity index (χ1v) is 5.28. The van der Waals surface area contributed by atoms with Crippen molar-refractivity contribution in [3.63, 3.8) is 0 Å². The van der Waals surface area contributed by atoms with E-state index in [1.807, 2.05) is 23.6 Å². The van der Waals surface area contributed by atoms with E-state index >= 15 is 0 Å². The van der Waals surface area contributed by atoms with Gasteiger partial charge in [0, 0.05) is 17.1 Å². The standard InChI is InChI=1S/C11H8N2OS/c12-7-9-6-10(3-4-13-9)14-8-11-2-1-5-15-11/h1-6H,8H2. The molecule has 0 aliphatic carbocycles. The van der Waals surface area contributed by atoms with E-state index in [4.69, 9.17) is 10.00 Å². The molecule has 0 bridgehead atoms. The van der Waals surface area contributed by atoms with Crippen molar-refractivity contribution in [2.75, 3.05) is 0 Å². The fourth-order valence-corrected chi connectivity index (χ4v) is 1.73. The maximum Gasteiger partial charge on any atom is 0.144 e. The summed E-state index contributed by atoms with van der Waals surface area (Å²) >= 11 is 1.65. The SMILES string of the molecule is N#Cc1cc(OCc2cccs2)ccn1. The Morgan fingerprint density at radius 1 is 1.47 bits per heavy atom. The van der Waals surface area contributed by atoms with Gasteiger partial charge in [-0.3, -0.25) is 0 Å². The van der Waals surface area contributed by atoms with Crippen LogP contribution in [0, 0.1) is 11.3 Å². The second-order valence-electron chi connectivity index (χ2n) is 2.86. The van der Waals surface area contributed by atoms with Crippen molar-refractivity contribution >= 4 is 11.3 Å². The topological polar surface area (TPSA) is 45.9 Å². The lowest BCUT2D eigenvalue weighted by atomic mass is 10.3. The van der Waals surface area contributed by atoms with Crippen LogP contribution in [0.3, 0.4) is 0 Å². The summed E-state index contributed by atoms with van der Waals surface area (Å²) in [6.07, 6.45) is 1.57. The summed E-state index contributed by atoms with van der Waals surface area (Å²) in [6, 6.07) is 9.34. The summed E-state index contributed by atoms with van der Waals surface area (Å²) < 4.78 is 5.51. The van der Waals surface area contributed by atoms with Gasteiger partial charge in [0.05, 0.1) is 0 Å². The molecule has 0 unspecified atom stereocenters. The van der Waals surface area contributed by atoms with Gasteiger partial charge in [-0.15, -0.1) is 11.3 Å². The Labute approximate surface area is 91.6 Å². The molecule has 2 rings (SSSR count). The second kappa shape index (κ2) is 4.58. The smallest absolute Gasteiger partial charge is 0.144 e. The lowest BCUT2D eigenvalue weighted by Crippen LogP contribution is -1.93. The summed E-state index contributed by atoms with van der Waals surface area (Å²) in [5.41, 5.74) is 0.374. The fraction of sp³-hybridized carbons (Fsp3) is 0.0909. The van der Waals surface area contributed by atoms with Gasteiger partial charge in [-0.25, -0.2) is 4.98 Å². The maximum atomic E-state index is 8.65. The lowest BCUT2D eigenvalue weighted by molar-refractivity contribution is 0.309. The number of hydrogen-bond donors (Lipinski definition) is 0. The summed E-state index contributed by atoms with van der Waals surface area (Å²) in [6.45, 7) is 0.534. The monoisotopic (exact) mass is 216 g/mol. The Morgan fingerprint density at radius 2 is 2.40 bits per heavy atom. The molecule has 0 atom stereocenters. The molecular weight excluding hydrogens is 208 g/mol. The number of nitrogens with zero attached hydrogens (tertiary/aromatic N) is 2. The predicted octanol–water partition coefficient (Wildman–Crippen LogP) is 2.59. The summed E-state index contributed by atoms with van der Waals surface area (Å²) in [4.78, 5) is 5.02. The highest BCUT2D eigenvalue weighted by Gasteiger charge is 1.98. The molecule has 74 valence electrons. The first-order valence-electron chi connectivity index (χ1n) is 4.40. The van der Waals surface area contributed by atoms with E-state index < -0.39 is 0 Å². The number of rotatable bonds is 3. The zero-order chi connectivity index (χ0) is 10.5. The fourth-order valence-electron chi connectivity index (χ4n) is 1.11. The average Bonchev–Trinajstić information content (AvgIpc) is 2.79. The molecule has 0 aliphatic heterocycles. The Morgan fingerprint density at radius 3 is 3.13 bits per heavy atom. The van der Waals surface area contributed by atoms with Crippen LogP contribution in [0.1, 0.15) is 10.6 Å². The number of hydrogen-bond acceptors (Lipinski definition) is 4. The molecule has 4 heteroatoms. The van der Waals surface area contributed by atoms with Gasteiger partial charge in [0.2, 0.25) is 0 Å². The number of nitriles is 1. The van der Waals surface area contributed by atoms with Crippen LogP contribution >= 0.6 is 11.3 Å². The normalized spacial score (nSPS) is 9.53. The number of ether oxygens (including phenoxy) is 1. The molecule has 0 fully saturated rings. The maximum absolute atomic E-state index is 8.65. The van der Waals surface area contributed by atoms with Gasteiger partial charge < -0.3 is 4.74 Å². The number of pyridine rings is 1. The van der Waals surface area contributed by atoms with Gasteiger partial charge in [0.25, 0.3) is 0 Å². The molecule has 2 heterocycles. The third-order valence-corrected chi connectivity index (χ3v) is 2.66. The highest BCUT2D eigenvalue weighted by Crippen LogP contribution is 2.15. The summed E-state index contributed by atoms with van der Waals surface area (Å²) in [5, 5.41) is 10.7. The first kappa shape index (κ1) is 9.69. The van der Waals surface area contributed by atoms with E-state index in [0.717, 1.165) is 4.88 Å². The Kier molecular flexibility index (Phi) is 2.96. The third-order valence-electron chi connectivity index (χ3n) is 1.81. The van der Waals surface area contributed by atoms with E-state index in [2.05, 4.69) is 4.98 Å². The van der Waals surface area contributed by atoms with Crippen molar-refractivity contribution in [2.45, 2.75) is 6.61 Å². The quantitative estimate of drug-likeness (QED) is 0.792. The van der Waals surface area contributed by atoms with Crippen LogP contribution < -0.4 is 4.74 Å².